The summed E-state index contributed by atoms with van der Waals surface area (Å²) in [4.78, 5) is 23.6. The van der Waals surface area contributed by atoms with E-state index in [-0.39, 0.29) is 12.0 Å². The van der Waals surface area contributed by atoms with Crippen molar-refractivity contribution >= 4 is 29.2 Å². The fourth-order valence-corrected chi connectivity index (χ4v) is 4.70. The third kappa shape index (κ3) is 4.39. The Kier molecular flexibility index (Phi) is 6.25. The van der Waals surface area contributed by atoms with Crippen LogP contribution in [0.5, 0.6) is 5.75 Å². The van der Waals surface area contributed by atoms with Gasteiger partial charge in [0.1, 0.15) is 17.3 Å². The van der Waals surface area contributed by atoms with Crippen LogP contribution in [-0.2, 0) is 0 Å². The predicted molar refractivity (Wildman–Crippen MR) is 138 cm³/mol. The molecule has 3 heterocycles. The molecule has 2 aromatic rings. The van der Waals surface area contributed by atoms with Crippen molar-refractivity contribution in [2.45, 2.75) is 32.2 Å². The normalized spacial score (nSPS) is 20.3. The molecule has 3 N–H and O–H groups in total. The molecule has 1 fully saturated rings. The lowest BCUT2D eigenvalue weighted by molar-refractivity contribution is 0.0841. The topological polar surface area (TPSA) is 92.7 Å². The third-order valence-corrected chi connectivity index (χ3v) is 6.76. The molecule has 3 aliphatic rings. The lowest BCUT2D eigenvalue weighted by Gasteiger charge is -2.36. The van der Waals surface area contributed by atoms with E-state index in [0.717, 1.165) is 54.6 Å². The van der Waals surface area contributed by atoms with E-state index in [1.165, 1.54) is 0 Å². The van der Waals surface area contributed by atoms with E-state index in [9.17, 15) is 9.90 Å². The van der Waals surface area contributed by atoms with Gasteiger partial charge >= 0.3 is 0 Å². The minimum absolute atomic E-state index is 0.0798. The highest BCUT2D eigenvalue weighted by Crippen LogP contribution is 2.34. The van der Waals surface area contributed by atoms with Gasteiger partial charge in [-0.2, -0.15) is 0 Å². The van der Waals surface area contributed by atoms with Crippen LogP contribution in [-0.4, -0.2) is 73.2 Å². The van der Waals surface area contributed by atoms with Crippen LogP contribution in [0.25, 0.3) is 0 Å². The average molecular weight is 477 g/mol. The van der Waals surface area contributed by atoms with Crippen LogP contribution in [0.3, 0.4) is 0 Å². The third-order valence-electron chi connectivity index (χ3n) is 6.76. The molecule has 1 saturated heterocycles. The minimum Gasteiger partial charge on any atom is -0.492 e. The molecule has 0 aliphatic carbocycles. The Labute approximate surface area is 205 Å². The Morgan fingerprint density at radius 3 is 2.71 bits per heavy atom. The largest absolute Gasteiger partial charge is 0.492 e. The summed E-state index contributed by atoms with van der Waals surface area (Å²) in [7, 11) is 3.71. The molecule has 0 bridgehead atoms. The number of carbonyl (C=O) groups is 1. The first-order valence-corrected chi connectivity index (χ1v) is 12.1. The number of ether oxygens (including phenoxy) is 1. The second-order valence-electron chi connectivity index (χ2n) is 9.01. The number of hydrogen-bond donors (Lipinski definition) is 3. The Morgan fingerprint density at radius 1 is 1.17 bits per heavy atom. The quantitative estimate of drug-likeness (QED) is 0.611. The number of piperidine rings is 1. The maximum absolute atomic E-state index is 13.0. The Morgan fingerprint density at radius 2 is 1.94 bits per heavy atom. The summed E-state index contributed by atoms with van der Waals surface area (Å²) >= 11 is 0. The zero-order valence-corrected chi connectivity index (χ0v) is 20.4. The summed E-state index contributed by atoms with van der Waals surface area (Å²) in [5, 5.41) is 16.8. The van der Waals surface area contributed by atoms with Gasteiger partial charge in [0.05, 0.1) is 35.9 Å². The summed E-state index contributed by atoms with van der Waals surface area (Å²) in [6.07, 6.45) is 2.67. The van der Waals surface area contributed by atoms with Gasteiger partial charge < -0.3 is 35.2 Å². The molecular formula is C26H32N6O3. The highest BCUT2D eigenvalue weighted by molar-refractivity contribution is 6.05. The summed E-state index contributed by atoms with van der Waals surface area (Å²) in [5.41, 5.74) is 4.01. The number of allylic oxidation sites excluding steroid dienone is 1. The van der Waals surface area contributed by atoms with Gasteiger partial charge in [-0.15, -0.1) is 0 Å². The maximum atomic E-state index is 13.0. The van der Waals surface area contributed by atoms with Crippen LogP contribution in [0, 0.1) is 0 Å². The van der Waals surface area contributed by atoms with Crippen LogP contribution < -0.4 is 20.3 Å². The molecule has 3 aliphatic heterocycles. The summed E-state index contributed by atoms with van der Waals surface area (Å²) in [6, 6.07) is 13.7. The number of benzene rings is 2. The van der Waals surface area contributed by atoms with E-state index in [1.807, 2.05) is 55.3 Å². The zero-order chi connectivity index (χ0) is 24.5. The van der Waals surface area contributed by atoms with Gasteiger partial charge in [0, 0.05) is 38.9 Å². The number of para-hydroxylation sites is 1. The van der Waals surface area contributed by atoms with Crippen molar-refractivity contribution in [3.8, 4) is 5.75 Å². The second kappa shape index (κ2) is 9.50. The molecule has 1 unspecified atom stereocenters. The van der Waals surface area contributed by atoms with E-state index in [4.69, 9.17) is 9.73 Å². The van der Waals surface area contributed by atoms with Crippen molar-refractivity contribution in [3.63, 3.8) is 0 Å². The molecule has 2 aromatic carbocycles. The van der Waals surface area contributed by atoms with Gasteiger partial charge in [0.15, 0.2) is 6.29 Å². The predicted octanol–water partition coefficient (Wildman–Crippen LogP) is 3.12. The Balaban J connectivity index is 1.39. The van der Waals surface area contributed by atoms with Crippen molar-refractivity contribution < 1.29 is 14.6 Å². The summed E-state index contributed by atoms with van der Waals surface area (Å²) in [6.45, 7) is 4.16. The highest BCUT2D eigenvalue weighted by atomic mass is 16.5. The van der Waals surface area contributed by atoms with Gasteiger partial charge in [-0.3, -0.25) is 4.79 Å². The molecule has 0 spiro atoms. The standard InChI is InChI=1S/C26H32N6O3/c1-4-35-23-15-17(32-13-11-18(33)12-14-32)9-10-21(23)29-26-27-16-22-24(31(26)3)28-20-8-6-5-7-19(20)25(34)30(22)2/h5-10,15-16,18,26,28-29,33H,4,11-14H2,1-3H3. The van der Waals surface area contributed by atoms with Gasteiger partial charge in [0.25, 0.3) is 5.91 Å². The van der Waals surface area contributed by atoms with Gasteiger partial charge in [0.2, 0.25) is 0 Å². The number of fused-ring (bicyclic) bond motifs is 1. The fraction of sp³-hybridized carbons (Fsp3) is 0.385. The molecule has 1 amide bonds. The van der Waals surface area contributed by atoms with E-state index in [2.05, 4.69) is 21.6 Å². The van der Waals surface area contributed by atoms with Gasteiger partial charge in [-0.1, -0.05) is 12.1 Å². The molecular weight excluding hydrogens is 444 g/mol. The number of carbonyl (C=O) groups excluding carboxylic acids is 1. The van der Waals surface area contributed by atoms with Crippen LogP contribution in [0.15, 0.2) is 59.0 Å². The SMILES string of the molecule is CCOc1cc(N2CCC(O)CC2)ccc1NC1N=CC2=C(Nc3ccccc3C(=O)N2C)N1C. The molecule has 0 radical (unpaired) electrons. The van der Waals surface area contributed by atoms with Crippen molar-refractivity contribution in [1.29, 1.82) is 0 Å². The molecule has 184 valence electrons. The highest BCUT2D eigenvalue weighted by Gasteiger charge is 2.32. The summed E-state index contributed by atoms with van der Waals surface area (Å²) in [5.74, 6) is 1.47. The van der Waals surface area contributed by atoms with Gasteiger partial charge in [-0.25, -0.2) is 4.99 Å². The number of amides is 1. The lowest BCUT2D eigenvalue weighted by Crippen LogP contribution is -2.43. The molecule has 0 aromatic heterocycles. The van der Waals surface area contributed by atoms with Crippen molar-refractivity contribution in [2.24, 2.45) is 4.99 Å². The van der Waals surface area contributed by atoms with Crippen LogP contribution >= 0.6 is 0 Å². The molecule has 1 atom stereocenters. The van der Waals surface area contributed by atoms with E-state index < -0.39 is 6.29 Å². The van der Waals surface area contributed by atoms with E-state index in [1.54, 1.807) is 18.2 Å². The number of aliphatic hydroxyl groups is 1. The van der Waals surface area contributed by atoms with E-state index >= 15 is 0 Å². The first-order valence-electron chi connectivity index (χ1n) is 12.1. The average Bonchev–Trinajstić information content (AvgIpc) is 2.97. The first kappa shape index (κ1) is 23.0. The van der Waals surface area contributed by atoms with Crippen LogP contribution in [0.4, 0.5) is 17.1 Å². The lowest BCUT2D eigenvalue weighted by atomic mass is 10.1. The number of aliphatic imine (C=N–C) groups is 1. The van der Waals surface area contributed by atoms with Crippen molar-refractivity contribution in [1.82, 2.24) is 9.80 Å². The monoisotopic (exact) mass is 476 g/mol. The number of rotatable bonds is 5. The molecule has 35 heavy (non-hydrogen) atoms. The number of nitrogens with one attached hydrogen (secondary N) is 2. The second-order valence-corrected chi connectivity index (χ2v) is 9.01. The first-order chi connectivity index (χ1) is 17.0. The van der Waals surface area contributed by atoms with Crippen molar-refractivity contribution in [2.75, 3.05) is 49.3 Å². The number of anilines is 3. The molecule has 0 saturated carbocycles. The smallest absolute Gasteiger partial charge is 0.260 e. The molecule has 9 nitrogen and oxygen atoms in total. The minimum atomic E-state index is -0.398. The van der Waals surface area contributed by atoms with Crippen molar-refractivity contribution in [3.05, 3.63) is 59.5 Å². The fourth-order valence-electron chi connectivity index (χ4n) is 4.70. The van der Waals surface area contributed by atoms with Gasteiger partial charge in [-0.05, 0) is 44.0 Å². The van der Waals surface area contributed by atoms with Crippen LogP contribution in [0.1, 0.15) is 30.1 Å². The zero-order valence-electron chi connectivity index (χ0n) is 20.4. The number of nitrogens with zero attached hydrogens (tertiary/aromatic N) is 4. The number of aliphatic hydroxyl groups excluding tert-OH is 1. The Bertz CT molecular complexity index is 1170. The van der Waals surface area contributed by atoms with Crippen LogP contribution in [0.2, 0.25) is 0 Å². The summed E-state index contributed by atoms with van der Waals surface area (Å²) < 4.78 is 5.98. The maximum Gasteiger partial charge on any atom is 0.260 e. The molecule has 5 rings (SSSR count). The van der Waals surface area contributed by atoms with E-state index in [0.29, 0.717) is 17.9 Å². The number of hydrogen-bond acceptors (Lipinski definition) is 8. The Hall–Kier alpha value is -3.72. The molecule has 9 heteroatoms.